The fourth-order valence-corrected chi connectivity index (χ4v) is 3.16. The van der Waals surface area contributed by atoms with Crippen LogP contribution in [-0.2, 0) is 17.5 Å². The standard InChI is InChI=1S/C16H17ClF3N3O2/c17-12-7-11(16(18,19)20)8-23(14(12)25)9-13(24)22-15(10-21)5-3-1-2-4-6-15/h7-8H,1-6,9H2,(H,22,24). The number of pyridine rings is 1. The summed E-state index contributed by atoms with van der Waals surface area (Å²) in [5.41, 5.74) is -3.05. The minimum atomic E-state index is -4.69. The van der Waals surface area contributed by atoms with Crippen LogP contribution in [0.25, 0.3) is 0 Å². The Morgan fingerprint density at radius 3 is 2.44 bits per heavy atom. The van der Waals surface area contributed by atoms with Crippen molar-refractivity contribution in [2.75, 3.05) is 0 Å². The van der Waals surface area contributed by atoms with Gasteiger partial charge in [-0.15, -0.1) is 0 Å². The molecule has 1 amide bonds. The van der Waals surface area contributed by atoms with Gasteiger partial charge in [0, 0.05) is 6.20 Å². The monoisotopic (exact) mass is 375 g/mol. The van der Waals surface area contributed by atoms with Crippen molar-refractivity contribution in [3.05, 3.63) is 33.2 Å². The van der Waals surface area contributed by atoms with Crippen LogP contribution in [-0.4, -0.2) is 16.0 Å². The van der Waals surface area contributed by atoms with Crippen molar-refractivity contribution in [1.82, 2.24) is 9.88 Å². The van der Waals surface area contributed by atoms with E-state index in [9.17, 15) is 28.0 Å². The van der Waals surface area contributed by atoms with E-state index in [4.69, 9.17) is 11.6 Å². The Morgan fingerprint density at radius 1 is 1.32 bits per heavy atom. The molecule has 0 bridgehead atoms. The Kier molecular flexibility index (Phi) is 5.78. The molecule has 1 aliphatic rings. The number of nitrogens with zero attached hydrogens (tertiary/aromatic N) is 2. The van der Waals surface area contributed by atoms with Crippen LogP contribution in [0.3, 0.4) is 0 Å². The number of alkyl halides is 3. The Hall–Kier alpha value is -2.01. The highest BCUT2D eigenvalue weighted by Crippen LogP contribution is 2.30. The van der Waals surface area contributed by atoms with Gasteiger partial charge in [-0.1, -0.05) is 37.3 Å². The van der Waals surface area contributed by atoms with Gasteiger partial charge in [0.05, 0.1) is 11.6 Å². The summed E-state index contributed by atoms with van der Waals surface area (Å²) in [6.07, 6.45) is 0.308. The predicted molar refractivity (Wildman–Crippen MR) is 84.9 cm³/mol. The molecule has 5 nitrogen and oxygen atoms in total. The number of amides is 1. The molecule has 1 saturated carbocycles. The van der Waals surface area contributed by atoms with Gasteiger partial charge in [0.15, 0.2) is 0 Å². The Morgan fingerprint density at radius 2 is 1.92 bits per heavy atom. The van der Waals surface area contributed by atoms with E-state index < -0.39 is 40.3 Å². The molecule has 1 N–H and O–H groups in total. The van der Waals surface area contributed by atoms with Gasteiger partial charge in [-0.05, 0) is 18.9 Å². The number of aromatic nitrogens is 1. The summed E-state index contributed by atoms with van der Waals surface area (Å²) >= 11 is 5.56. The van der Waals surface area contributed by atoms with Crippen LogP contribution < -0.4 is 10.9 Å². The van der Waals surface area contributed by atoms with E-state index in [1.54, 1.807) is 0 Å². The summed E-state index contributed by atoms with van der Waals surface area (Å²) in [5.74, 6) is -0.694. The molecule has 136 valence electrons. The lowest BCUT2D eigenvalue weighted by molar-refractivity contribution is -0.138. The van der Waals surface area contributed by atoms with Gasteiger partial charge in [-0.2, -0.15) is 18.4 Å². The zero-order valence-corrected chi connectivity index (χ0v) is 14.1. The van der Waals surface area contributed by atoms with Gasteiger partial charge in [0.2, 0.25) is 5.91 Å². The second kappa shape index (κ2) is 7.48. The van der Waals surface area contributed by atoms with Crippen LogP contribution in [0.1, 0.15) is 44.1 Å². The van der Waals surface area contributed by atoms with E-state index >= 15 is 0 Å². The summed E-state index contributed by atoms with van der Waals surface area (Å²) in [7, 11) is 0. The lowest BCUT2D eigenvalue weighted by Crippen LogP contribution is -2.48. The molecule has 0 radical (unpaired) electrons. The Labute approximate surface area is 147 Å². The Balaban J connectivity index is 2.21. The molecule has 9 heteroatoms. The zero-order valence-electron chi connectivity index (χ0n) is 13.3. The van der Waals surface area contributed by atoms with Gasteiger partial charge in [0.1, 0.15) is 17.1 Å². The summed E-state index contributed by atoms with van der Waals surface area (Å²) in [4.78, 5) is 24.1. The van der Waals surface area contributed by atoms with Crippen molar-refractivity contribution in [1.29, 1.82) is 5.26 Å². The molecule has 0 aromatic carbocycles. The van der Waals surface area contributed by atoms with Crippen LogP contribution in [0.5, 0.6) is 0 Å². The number of carbonyl (C=O) groups excluding carboxylic acids is 1. The maximum Gasteiger partial charge on any atom is 0.417 e. The first-order valence-corrected chi connectivity index (χ1v) is 8.24. The fraction of sp³-hybridized carbons (Fsp3) is 0.562. The molecule has 0 unspecified atom stereocenters. The summed E-state index contributed by atoms with van der Waals surface area (Å²) < 4.78 is 39.1. The van der Waals surface area contributed by atoms with Gasteiger partial charge in [-0.3, -0.25) is 9.59 Å². The van der Waals surface area contributed by atoms with Crippen LogP contribution in [0.2, 0.25) is 5.02 Å². The van der Waals surface area contributed by atoms with E-state index in [-0.39, 0.29) is 0 Å². The second-order valence-electron chi connectivity index (χ2n) is 6.16. The normalized spacial score (nSPS) is 17.4. The van der Waals surface area contributed by atoms with Crippen molar-refractivity contribution >= 4 is 17.5 Å². The molecule has 0 spiro atoms. The van der Waals surface area contributed by atoms with Crippen molar-refractivity contribution < 1.29 is 18.0 Å². The number of hydrogen-bond acceptors (Lipinski definition) is 3. The number of rotatable bonds is 3. The highest BCUT2D eigenvalue weighted by atomic mass is 35.5. The van der Waals surface area contributed by atoms with E-state index in [0.717, 1.165) is 25.7 Å². The van der Waals surface area contributed by atoms with E-state index in [1.807, 2.05) is 0 Å². The molecule has 0 atom stereocenters. The molecule has 2 rings (SSSR count). The third-order valence-corrected chi connectivity index (χ3v) is 4.50. The molecule has 1 fully saturated rings. The zero-order chi connectivity index (χ0) is 18.7. The number of halogens is 4. The highest BCUT2D eigenvalue weighted by molar-refractivity contribution is 6.30. The van der Waals surface area contributed by atoms with Crippen LogP contribution in [0, 0.1) is 11.3 Å². The molecule has 25 heavy (non-hydrogen) atoms. The summed E-state index contributed by atoms with van der Waals surface area (Å²) in [5, 5.41) is 11.4. The van der Waals surface area contributed by atoms with Crippen molar-refractivity contribution in [2.24, 2.45) is 0 Å². The molecule has 0 saturated heterocycles. The van der Waals surface area contributed by atoms with Gasteiger partial charge in [0.25, 0.3) is 5.56 Å². The molecule has 0 aliphatic heterocycles. The van der Waals surface area contributed by atoms with Gasteiger partial charge in [-0.25, -0.2) is 0 Å². The molecule has 1 aromatic heterocycles. The van der Waals surface area contributed by atoms with Crippen molar-refractivity contribution in [3.63, 3.8) is 0 Å². The lowest BCUT2D eigenvalue weighted by atomic mass is 9.92. The van der Waals surface area contributed by atoms with Gasteiger partial charge >= 0.3 is 6.18 Å². The highest BCUT2D eigenvalue weighted by Gasteiger charge is 2.34. The minimum absolute atomic E-state index is 0.480. The number of carbonyl (C=O) groups is 1. The average Bonchev–Trinajstić information content (AvgIpc) is 2.76. The minimum Gasteiger partial charge on any atom is -0.336 e. The second-order valence-corrected chi connectivity index (χ2v) is 6.57. The van der Waals surface area contributed by atoms with Crippen LogP contribution >= 0.6 is 11.6 Å². The van der Waals surface area contributed by atoms with E-state index in [2.05, 4.69) is 11.4 Å². The molecule has 1 aliphatic carbocycles. The lowest BCUT2D eigenvalue weighted by Gasteiger charge is -2.26. The summed E-state index contributed by atoms with van der Waals surface area (Å²) in [6.45, 7) is -0.633. The first-order valence-electron chi connectivity index (χ1n) is 7.86. The van der Waals surface area contributed by atoms with Gasteiger partial charge < -0.3 is 9.88 Å². The Bertz CT molecular complexity index is 744. The van der Waals surface area contributed by atoms with Crippen molar-refractivity contribution in [2.45, 2.75) is 56.8 Å². The topological polar surface area (TPSA) is 74.9 Å². The van der Waals surface area contributed by atoms with Crippen molar-refractivity contribution in [3.8, 4) is 6.07 Å². The largest absolute Gasteiger partial charge is 0.417 e. The smallest absolute Gasteiger partial charge is 0.336 e. The van der Waals surface area contributed by atoms with E-state index in [0.29, 0.717) is 29.7 Å². The van der Waals surface area contributed by atoms with E-state index in [1.165, 1.54) is 0 Å². The SMILES string of the molecule is N#CC1(NC(=O)Cn2cc(C(F)(F)F)cc(Cl)c2=O)CCCCCC1. The third kappa shape index (κ3) is 4.75. The fourth-order valence-electron chi connectivity index (χ4n) is 2.93. The van der Waals surface area contributed by atoms with Crippen LogP contribution in [0.4, 0.5) is 13.2 Å². The quantitative estimate of drug-likeness (QED) is 0.824. The average molecular weight is 376 g/mol. The summed E-state index contributed by atoms with van der Waals surface area (Å²) in [6, 6.07) is 2.64. The third-order valence-electron chi connectivity index (χ3n) is 4.23. The molecule has 1 heterocycles. The molecular formula is C16H17ClF3N3O2. The van der Waals surface area contributed by atoms with Crippen LogP contribution in [0.15, 0.2) is 17.1 Å². The number of nitriles is 1. The molecule has 1 aromatic rings. The first kappa shape index (κ1) is 19.3. The maximum absolute atomic E-state index is 12.8. The first-order chi connectivity index (χ1) is 11.7. The maximum atomic E-state index is 12.8. The number of nitrogens with one attached hydrogen (secondary N) is 1. The predicted octanol–water partition coefficient (Wildman–Crippen LogP) is 3.25. The molecular weight excluding hydrogens is 359 g/mol. The number of hydrogen-bond donors (Lipinski definition) is 1.